The van der Waals surface area contributed by atoms with E-state index in [1.807, 2.05) is 18.8 Å². The van der Waals surface area contributed by atoms with Crippen LogP contribution in [-0.4, -0.2) is 30.6 Å². The van der Waals surface area contributed by atoms with Crippen LogP contribution in [0.3, 0.4) is 0 Å². The van der Waals surface area contributed by atoms with Crippen molar-refractivity contribution in [1.82, 2.24) is 5.32 Å². The van der Waals surface area contributed by atoms with E-state index in [1.54, 1.807) is 0 Å². The summed E-state index contributed by atoms with van der Waals surface area (Å²) in [5.74, 6) is 1.04. The lowest BCUT2D eigenvalue weighted by Crippen LogP contribution is -2.29. The molecule has 2 N–H and O–H groups in total. The largest absolute Gasteiger partial charge is 0.395 e. The molecule has 1 rings (SSSR count). The van der Waals surface area contributed by atoms with E-state index in [4.69, 9.17) is 5.11 Å². The van der Waals surface area contributed by atoms with E-state index in [0.717, 1.165) is 12.2 Å². The fourth-order valence-electron chi connectivity index (χ4n) is 1.50. The lowest BCUT2D eigenvalue weighted by atomic mass is 10.2. The number of thioether (sulfide) groups is 1. The quantitative estimate of drug-likeness (QED) is 0.748. The Kier molecular flexibility index (Phi) is 5.88. The van der Waals surface area contributed by atoms with Crippen LogP contribution in [0.5, 0.6) is 0 Å². The van der Waals surface area contributed by atoms with E-state index in [-0.39, 0.29) is 12.6 Å². The molecule has 0 radical (unpaired) electrons. The van der Waals surface area contributed by atoms with Gasteiger partial charge in [0.05, 0.1) is 6.61 Å². The Morgan fingerprint density at radius 2 is 2.12 bits per heavy atom. The first-order chi connectivity index (χ1) is 7.67. The van der Waals surface area contributed by atoms with E-state index in [9.17, 15) is 0 Å². The molecule has 1 aromatic carbocycles. The number of hydrogen-bond donors (Lipinski definition) is 2. The smallest absolute Gasteiger partial charge is 0.0584 e. The Labute approximate surface area is 102 Å². The van der Waals surface area contributed by atoms with Crippen molar-refractivity contribution in [3.8, 4) is 0 Å². The third-order valence-corrected chi connectivity index (χ3v) is 3.89. The molecule has 0 aliphatic rings. The van der Waals surface area contributed by atoms with E-state index >= 15 is 0 Å². The number of benzene rings is 1. The van der Waals surface area contributed by atoms with Crippen molar-refractivity contribution in [1.29, 1.82) is 0 Å². The Bertz CT molecular complexity index is 324. The molecular weight excluding hydrogens is 218 g/mol. The number of aryl methyl sites for hydroxylation is 2. The fraction of sp³-hybridized carbons (Fsp3) is 0.538. The van der Waals surface area contributed by atoms with Crippen molar-refractivity contribution in [2.45, 2.75) is 31.2 Å². The molecule has 0 bridgehead atoms. The summed E-state index contributed by atoms with van der Waals surface area (Å²) in [5.41, 5.74) is 2.64. The Morgan fingerprint density at radius 1 is 1.38 bits per heavy atom. The summed E-state index contributed by atoms with van der Waals surface area (Å²) in [5, 5.41) is 12.2. The van der Waals surface area contributed by atoms with Gasteiger partial charge >= 0.3 is 0 Å². The zero-order chi connectivity index (χ0) is 12.0. The number of nitrogens with one attached hydrogen (secondary N) is 1. The lowest BCUT2D eigenvalue weighted by Gasteiger charge is -2.13. The third kappa shape index (κ3) is 4.16. The van der Waals surface area contributed by atoms with Crippen LogP contribution in [0.2, 0.25) is 0 Å². The van der Waals surface area contributed by atoms with Crippen molar-refractivity contribution in [2.24, 2.45) is 0 Å². The maximum absolute atomic E-state index is 9.05. The van der Waals surface area contributed by atoms with Crippen LogP contribution in [0.15, 0.2) is 23.1 Å². The summed E-state index contributed by atoms with van der Waals surface area (Å²) in [6.45, 7) is 4.47. The van der Waals surface area contributed by atoms with Gasteiger partial charge in [0.15, 0.2) is 0 Å². The minimum atomic E-state index is 0.212. The van der Waals surface area contributed by atoms with E-state index in [0.29, 0.717) is 0 Å². The zero-order valence-corrected chi connectivity index (χ0v) is 11.1. The van der Waals surface area contributed by atoms with E-state index < -0.39 is 0 Å². The predicted octanol–water partition coefficient (Wildman–Crippen LogP) is 2.37. The average molecular weight is 239 g/mol. The van der Waals surface area contributed by atoms with Gasteiger partial charge in [0.2, 0.25) is 0 Å². The van der Waals surface area contributed by atoms with Crippen molar-refractivity contribution < 1.29 is 5.11 Å². The minimum absolute atomic E-state index is 0.212. The van der Waals surface area contributed by atoms with Crippen LogP contribution in [0.25, 0.3) is 0 Å². The minimum Gasteiger partial charge on any atom is -0.395 e. The Balaban J connectivity index is 2.45. The summed E-state index contributed by atoms with van der Waals surface area (Å²) in [6.07, 6.45) is 0.991. The molecule has 0 aliphatic carbocycles. The number of likely N-dealkylation sites (N-methyl/N-ethyl adjacent to an activating group) is 1. The number of aliphatic hydroxyl groups excluding tert-OH is 1. The molecule has 0 spiro atoms. The maximum atomic E-state index is 9.05. The van der Waals surface area contributed by atoms with Crippen molar-refractivity contribution in [3.05, 3.63) is 29.3 Å². The first-order valence-corrected chi connectivity index (χ1v) is 6.64. The maximum Gasteiger partial charge on any atom is 0.0584 e. The standard InChI is InChI=1S/C13H21NOS/c1-10-4-5-11(2)13(8-10)16-7-6-12(9-15)14-3/h4-5,8,12,14-15H,6-7,9H2,1-3H3. The molecule has 0 saturated carbocycles. The van der Waals surface area contributed by atoms with Crippen LogP contribution in [0, 0.1) is 13.8 Å². The lowest BCUT2D eigenvalue weighted by molar-refractivity contribution is 0.246. The monoisotopic (exact) mass is 239 g/mol. The topological polar surface area (TPSA) is 32.3 Å². The summed E-state index contributed by atoms with van der Waals surface area (Å²) in [7, 11) is 1.89. The highest BCUT2D eigenvalue weighted by Crippen LogP contribution is 2.24. The highest BCUT2D eigenvalue weighted by Gasteiger charge is 2.05. The Hall–Kier alpha value is -0.510. The SMILES string of the molecule is CNC(CO)CCSc1cc(C)ccc1C. The van der Waals surface area contributed by atoms with Gasteiger partial charge in [-0.15, -0.1) is 11.8 Å². The zero-order valence-electron chi connectivity index (χ0n) is 10.3. The van der Waals surface area contributed by atoms with E-state index in [1.165, 1.54) is 16.0 Å². The van der Waals surface area contributed by atoms with Gasteiger partial charge in [-0.3, -0.25) is 0 Å². The third-order valence-electron chi connectivity index (χ3n) is 2.70. The van der Waals surface area contributed by atoms with E-state index in [2.05, 4.69) is 37.4 Å². The molecule has 0 aromatic heterocycles. The molecule has 0 saturated heterocycles. The molecule has 1 aromatic rings. The summed E-state index contributed by atoms with van der Waals surface area (Å²) >= 11 is 1.87. The van der Waals surface area contributed by atoms with Gasteiger partial charge < -0.3 is 10.4 Å². The first kappa shape index (κ1) is 13.6. The number of aliphatic hydroxyl groups is 1. The molecule has 0 aliphatic heterocycles. The molecule has 3 heteroatoms. The second-order valence-corrected chi connectivity index (χ2v) is 5.21. The number of hydrogen-bond acceptors (Lipinski definition) is 3. The fourth-order valence-corrected chi connectivity index (χ4v) is 2.69. The van der Waals surface area contributed by atoms with Gasteiger partial charge in [-0.2, -0.15) is 0 Å². The first-order valence-electron chi connectivity index (χ1n) is 5.65. The van der Waals surface area contributed by atoms with Crippen LogP contribution >= 0.6 is 11.8 Å². The molecule has 2 nitrogen and oxygen atoms in total. The van der Waals surface area contributed by atoms with Gasteiger partial charge in [0.25, 0.3) is 0 Å². The average Bonchev–Trinajstić information content (AvgIpc) is 2.29. The van der Waals surface area contributed by atoms with Crippen LogP contribution in [-0.2, 0) is 0 Å². The molecule has 0 amide bonds. The van der Waals surface area contributed by atoms with Crippen LogP contribution in [0.4, 0.5) is 0 Å². The molecule has 0 fully saturated rings. The van der Waals surface area contributed by atoms with Gasteiger partial charge in [-0.1, -0.05) is 17.7 Å². The van der Waals surface area contributed by atoms with Crippen molar-refractivity contribution >= 4 is 11.8 Å². The van der Waals surface area contributed by atoms with Crippen LogP contribution < -0.4 is 5.32 Å². The summed E-state index contributed by atoms with van der Waals surface area (Å²) in [6, 6.07) is 6.76. The molecule has 0 heterocycles. The second kappa shape index (κ2) is 6.94. The second-order valence-electron chi connectivity index (χ2n) is 4.07. The van der Waals surface area contributed by atoms with Crippen LogP contribution in [0.1, 0.15) is 17.5 Å². The molecule has 90 valence electrons. The number of rotatable bonds is 6. The van der Waals surface area contributed by atoms with Gasteiger partial charge in [0, 0.05) is 10.9 Å². The highest BCUT2D eigenvalue weighted by molar-refractivity contribution is 7.99. The van der Waals surface area contributed by atoms with Gasteiger partial charge in [-0.25, -0.2) is 0 Å². The Morgan fingerprint density at radius 3 is 2.75 bits per heavy atom. The van der Waals surface area contributed by atoms with Crippen molar-refractivity contribution in [3.63, 3.8) is 0 Å². The summed E-state index contributed by atoms with van der Waals surface area (Å²) in [4.78, 5) is 1.35. The van der Waals surface area contributed by atoms with Gasteiger partial charge in [0.1, 0.15) is 0 Å². The van der Waals surface area contributed by atoms with Crippen molar-refractivity contribution in [2.75, 3.05) is 19.4 Å². The summed E-state index contributed by atoms with van der Waals surface area (Å²) < 4.78 is 0. The van der Waals surface area contributed by atoms with Gasteiger partial charge in [-0.05, 0) is 44.7 Å². The molecule has 1 atom stereocenters. The normalized spacial score (nSPS) is 12.8. The molecule has 1 unspecified atom stereocenters. The predicted molar refractivity (Wildman–Crippen MR) is 71.2 cm³/mol. The molecule has 16 heavy (non-hydrogen) atoms. The molecular formula is C13H21NOS. The highest BCUT2D eigenvalue weighted by atomic mass is 32.2.